The molecule has 1 heterocycles. The third-order valence-corrected chi connectivity index (χ3v) is 3.04. The van der Waals surface area contributed by atoms with Crippen molar-refractivity contribution in [2.75, 3.05) is 0 Å². The van der Waals surface area contributed by atoms with E-state index in [1.807, 2.05) is 19.1 Å². The second-order valence-corrected chi connectivity index (χ2v) is 4.22. The number of thiazole rings is 1. The smallest absolute Gasteiger partial charge is 0.0963 e. The van der Waals surface area contributed by atoms with Crippen LogP contribution in [0.15, 0.2) is 12.7 Å². The molecule has 0 aromatic carbocycles. The molecular weight excluding hydrogens is 178 g/mol. The van der Waals surface area contributed by atoms with Gasteiger partial charge in [0.2, 0.25) is 0 Å². The molecule has 70 valence electrons. The van der Waals surface area contributed by atoms with E-state index < -0.39 is 0 Å². The van der Waals surface area contributed by atoms with E-state index in [2.05, 4.69) is 31.5 Å². The van der Waals surface area contributed by atoms with Gasteiger partial charge in [-0.3, -0.25) is 0 Å². The van der Waals surface area contributed by atoms with Crippen molar-refractivity contribution in [3.05, 3.63) is 28.2 Å². The van der Waals surface area contributed by atoms with Gasteiger partial charge in [0.1, 0.15) is 0 Å². The molecule has 0 aliphatic carbocycles. The summed E-state index contributed by atoms with van der Waals surface area (Å²) in [6.45, 7) is 10.1. The molecule has 0 amide bonds. The number of rotatable bonds is 3. The third kappa shape index (κ3) is 2.28. The highest BCUT2D eigenvalue weighted by molar-refractivity contribution is 7.12. The summed E-state index contributed by atoms with van der Waals surface area (Å²) in [6, 6.07) is 0. The summed E-state index contributed by atoms with van der Waals surface area (Å²) in [5, 5.41) is 1.18. The van der Waals surface area contributed by atoms with Crippen molar-refractivity contribution in [2.45, 2.75) is 26.7 Å². The molecule has 0 fully saturated rings. The van der Waals surface area contributed by atoms with Crippen LogP contribution in [-0.2, 0) is 0 Å². The monoisotopic (exact) mass is 193 g/mol. The molecule has 0 saturated carbocycles. The number of nitrogens with zero attached hydrogens (tertiary/aromatic N) is 1. The van der Waals surface area contributed by atoms with Crippen LogP contribution in [0.25, 0.3) is 12.2 Å². The maximum absolute atomic E-state index is 4.50. The molecule has 0 N–H and O–H groups in total. The van der Waals surface area contributed by atoms with Gasteiger partial charge in [-0.25, -0.2) is 4.98 Å². The first-order chi connectivity index (χ1) is 6.19. The standard InChI is InChI=1S/C11H15NS/c1-5-7-10-9(6-2)12-11(13-10)8(3)4/h5-8H,2H2,1,3-4H3/b7-5-. The lowest BCUT2D eigenvalue weighted by Crippen LogP contribution is -1.84. The predicted molar refractivity (Wildman–Crippen MR) is 61.0 cm³/mol. The summed E-state index contributed by atoms with van der Waals surface area (Å²) in [5.74, 6) is 0.503. The van der Waals surface area contributed by atoms with Crippen LogP contribution in [0.1, 0.15) is 42.3 Å². The molecule has 0 bridgehead atoms. The van der Waals surface area contributed by atoms with Crippen molar-refractivity contribution >= 4 is 23.5 Å². The third-order valence-electron chi connectivity index (χ3n) is 1.70. The van der Waals surface area contributed by atoms with Crippen LogP contribution in [-0.4, -0.2) is 4.98 Å². The van der Waals surface area contributed by atoms with Gasteiger partial charge in [-0.05, 0) is 19.1 Å². The van der Waals surface area contributed by atoms with Gasteiger partial charge >= 0.3 is 0 Å². The van der Waals surface area contributed by atoms with E-state index in [1.54, 1.807) is 11.3 Å². The largest absolute Gasteiger partial charge is 0.241 e. The molecule has 1 aromatic rings. The average Bonchev–Trinajstić information content (AvgIpc) is 2.48. The molecule has 1 rings (SSSR count). The Balaban J connectivity index is 3.11. The highest BCUT2D eigenvalue weighted by Crippen LogP contribution is 2.26. The summed E-state index contributed by atoms with van der Waals surface area (Å²) < 4.78 is 0. The Morgan fingerprint density at radius 1 is 1.46 bits per heavy atom. The quantitative estimate of drug-likeness (QED) is 0.708. The normalized spacial score (nSPS) is 11.4. The molecule has 0 aliphatic rings. The first kappa shape index (κ1) is 10.2. The van der Waals surface area contributed by atoms with Gasteiger partial charge in [0, 0.05) is 5.92 Å². The molecule has 0 saturated heterocycles. The SMILES string of the molecule is C=Cc1nc(C(C)C)sc1/C=C\C. The van der Waals surface area contributed by atoms with Gasteiger partial charge in [0.25, 0.3) is 0 Å². The fraction of sp³-hybridized carbons (Fsp3) is 0.364. The molecule has 2 heteroatoms. The van der Waals surface area contributed by atoms with Gasteiger partial charge in [0.05, 0.1) is 15.6 Å². The van der Waals surface area contributed by atoms with E-state index >= 15 is 0 Å². The molecule has 0 aliphatic heterocycles. The van der Waals surface area contributed by atoms with Crippen molar-refractivity contribution in [2.24, 2.45) is 0 Å². The zero-order chi connectivity index (χ0) is 9.84. The van der Waals surface area contributed by atoms with Gasteiger partial charge in [0.15, 0.2) is 0 Å². The summed E-state index contributed by atoms with van der Waals surface area (Å²) in [4.78, 5) is 5.71. The van der Waals surface area contributed by atoms with Crippen LogP contribution in [0.4, 0.5) is 0 Å². The predicted octanol–water partition coefficient (Wildman–Crippen LogP) is 3.94. The van der Waals surface area contributed by atoms with Gasteiger partial charge < -0.3 is 0 Å². The second kappa shape index (κ2) is 4.38. The van der Waals surface area contributed by atoms with Crippen molar-refractivity contribution < 1.29 is 0 Å². The van der Waals surface area contributed by atoms with Crippen LogP contribution in [0.3, 0.4) is 0 Å². The van der Waals surface area contributed by atoms with E-state index in [4.69, 9.17) is 0 Å². The molecular formula is C11H15NS. The fourth-order valence-electron chi connectivity index (χ4n) is 1.03. The minimum Gasteiger partial charge on any atom is -0.241 e. The van der Waals surface area contributed by atoms with E-state index in [-0.39, 0.29) is 0 Å². The Kier molecular flexibility index (Phi) is 3.43. The van der Waals surface area contributed by atoms with Crippen LogP contribution in [0.2, 0.25) is 0 Å². The molecule has 0 unspecified atom stereocenters. The lowest BCUT2D eigenvalue weighted by molar-refractivity contribution is 0.851. The Morgan fingerprint density at radius 3 is 2.62 bits per heavy atom. The number of hydrogen-bond acceptors (Lipinski definition) is 2. The second-order valence-electron chi connectivity index (χ2n) is 3.16. The molecule has 1 nitrogen and oxygen atoms in total. The first-order valence-electron chi connectivity index (χ1n) is 4.45. The zero-order valence-corrected chi connectivity index (χ0v) is 9.19. The highest BCUT2D eigenvalue weighted by Gasteiger charge is 2.08. The number of hydrogen-bond donors (Lipinski definition) is 0. The van der Waals surface area contributed by atoms with Gasteiger partial charge in [-0.1, -0.05) is 26.5 Å². The lowest BCUT2D eigenvalue weighted by Gasteiger charge is -1.94. The first-order valence-corrected chi connectivity index (χ1v) is 5.26. The van der Waals surface area contributed by atoms with Crippen molar-refractivity contribution in [1.82, 2.24) is 4.98 Å². The fourth-order valence-corrected chi connectivity index (χ4v) is 2.07. The van der Waals surface area contributed by atoms with Crippen LogP contribution < -0.4 is 0 Å². The Bertz CT molecular complexity index is 321. The van der Waals surface area contributed by atoms with E-state index in [0.29, 0.717) is 5.92 Å². The molecule has 13 heavy (non-hydrogen) atoms. The highest BCUT2D eigenvalue weighted by atomic mass is 32.1. The Hall–Kier alpha value is -0.890. The molecule has 0 spiro atoms. The van der Waals surface area contributed by atoms with E-state index in [9.17, 15) is 0 Å². The van der Waals surface area contributed by atoms with Crippen LogP contribution >= 0.6 is 11.3 Å². The summed E-state index contributed by atoms with van der Waals surface area (Å²) in [6.07, 6.45) is 5.93. The van der Waals surface area contributed by atoms with Crippen molar-refractivity contribution in [3.63, 3.8) is 0 Å². The van der Waals surface area contributed by atoms with Crippen LogP contribution in [0.5, 0.6) is 0 Å². The van der Waals surface area contributed by atoms with Crippen molar-refractivity contribution in [1.29, 1.82) is 0 Å². The van der Waals surface area contributed by atoms with Gasteiger partial charge in [-0.2, -0.15) is 0 Å². The van der Waals surface area contributed by atoms with E-state index in [1.165, 1.54) is 9.88 Å². The number of allylic oxidation sites excluding steroid dienone is 1. The van der Waals surface area contributed by atoms with E-state index in [0.717, 1.165) is 5.69 Å². The number of aromatic nitrogens is 1. The molecule has 0 atom stereocenters. The summed E-state index contributed by atoms with van der Waals surface area (Å²) >= 11 is 1.75. The molecule has 1 aromatic heterocycles. The molecule has 0 radical (unpaired) electrons. The lowest BCUT2D eigenvalue weighted by atomic mass is 10.2. The minimum absolute atomic E-state index is 0.503. The average molecular weight is 193 g/mol. The summed E-state index contributed by atoms with van der Waals surface area (Å²) in [5.41, 5.74) is 1.01. The van der Waals surface area contributed by atoms with Crippen LogP contribution in [0, 0.1) is 0 Å². The zero-order valence-electron chi connectivity index (χ0n) is 8.37. The Morgan fingerprint density at radius 2 is 2.15 bits per heavy atom. The van der Waals surface area contributed by atoms with Gasteiger partial charge in [-0.15, -0.1) is 11.3 Å². The maximum Gasteiger partial charge on any atom is 0.0963 e. The summed E-state index contributed by atoms with van der Waals surface area (Å²) in [7, 11) is 0. The topological polar surface area (TPSA) is 12.9 Å². The van der Waals surface area contributed by atoms with Crippen molar-refractivity contribution in [3.8, 4) is 0 Å². The Labute approximate surface area is 83.8 Å². The maximum atomic E-state index is 4.50. The minimum atomic E-state index is 0.503.